The lowest BCUT2D eigenvalue weighted by Crippen LogP contribution is -2.44. The summed E-state index contributed by atoms with van der Waals surface area (Å²) in [5, 5.41) is 8.58. The molecule has 0 saturated carbocycles. The number of rotatable bonds is 4. The molecular formula is C17H14F3N5O4S. The monoisotopic (exact) mass is 441 g/mol. The molecule has 9 nitrogen and oxygen atoms in total. The number of alkyl halides is 3. The first kappa shape index (κ1) is 21.1. The van der Waals surface area contributed by atoms with Crippen molar-refractivity contribution in [2.45, 2.75) is 20.2 Å². The molecule has 3 rings (SSSR count). The molecular weight excluding hydrogens is 427 g/mol. The summed E-state index contributed by atoms with van der Waals surface area (Å²) in [6.07, 6.45) is -4.81. The smallest absolute Gasteiger partial charge is 0.406 e. The van der Waals surface area contributed by atoms with E-state index >= 15 is 0 Å². The zero-order valence-corrected chi connectivity index (χ0v) is 16.3. The van der Waals surface area contributed by atoms with Crippen LogP contribution in [0.5, 0.6) is 5.75 Å². The third-order valence-electron chi connectivity index (χ3n) is 3.59. The van der Waals surface area contributed by atoms with Crippen molar-refractivity contribution in [3.05, 3.63) is 46.1 Å². The van der Waals surface area contributed by atoms with Gasteiger partial charge in [0.05, 0.1) is 16.3 Å². The minimum atomic E-state index is -4.81. The van der Waals surface area contributed by atoms with Gasteiger partial charge in [-0.3, -0.25) is 10.2 Å². The van der Waals surface area contributed by atoms with E-state index in [1.54, 1.807) is 12.3 Å². The Hall–Kier alpha value is -3.61. The average molecular weight is 441 g/mol. The molecule has 0 fully saturated rings. The van der Waals surface area contributed by atoms with Gasteiger partial charge in [0.15, 0.2) is 5.69 Å². The van der Waals surface area contributed by atoms with Gasteiger partial charge >= 0.3 is 12.4 Å². The summed E-state index contributed by atoms with van der Waals surface area (Å²) in [7, 11) is 0. The SMILES string of the molecule is Cc1nc(-c2c(C(=O)NNC(=O)Nc3ccc(OC(F)(F)F)cc3)noc2C)cs1. The molecule has 3 aromatic rings. The molecule has 2 aromatic heterocycles. The van der Waals surface area contributed by atoms with Crippen LogP contribution < -0.4 is 20.9 Å². The Morgan fingerprint density at radius 3 is 2.43 bits per heavy atom. The highest BCUT2D eigenvalue weighted by Crippen LogP contribution is 2.28. The molecule has 3 amide bonds. The quantitative estimate of drug-likeness (QED) is 0.531. The topological polar surface area (TPSA) is 118 Å². The van der Waals surface area contributed by atoms with Crippen molar-refractivity contribution < 1.29 is 32.0 Å². The number of hydrazine groups is 1. The summed E-state index contributed by atoms with van der Waals surface area (Å²) in [5.41, 5.74) is 5.32. The standard InChI is InChI=1S/C17H14F3N5O4S/c1-8-13(12-7-30-9(2)21-12)14(25-29-8)15(26)23-24-16(27)22-10-3-5-11(6-4-10)28-17(18,19)20/h3-7H,1-2H3,(H,23,26)(H2,22,24,27). The van der Waals surface area contributed by atoms with Crippen LogP contribution in [0.1, 0.15) is 21.3 Å². The van der Waals surface area contributed by atoms with Crippen LogP contribution in [0.15, 0.2) is 34.2 Å². The molecule has 158 valence electrons. The Morgan fingerprint density at radius 2 is 1.83 bits per heavy atom. The molecule has 30 heavy (non-hydrogen) atoms. The van der Waals surface area contributed by atoms with Crippen LogP contribution in [0, 0.1) is 13.8 Å². The number of hydrogen-bond donors (Lipinski definition) is 3. The number of aryl methyl sites for hydroxylation is 2. The average Bonchev–Trinajstić information content (AvgIpc) is 3.25. The molecule has 2 heterocycles. The van der Waals surface area contributed by atoms with E-state index < -0.39 is 24.1 Å². The molecule has 0 aliphatic rings. The molecule has 1 aromatic carbocycles. The number of aromatic nitrogens is 2. The molecule has 0 atom stereocenters. The second kappa shape index (κ2) is 8.41. The van der Waals surface area contributed by atoms with Crippen LogP contribution in [0.2, 0.25) is 0 Å². The van der Waals surface area contributed by atoms with Crippen LogP contribution in [0.25, 0.3) is 11.3 Å². The number of urea groups is 1. The van der Waals surface area contributed by atoms with E-state index in [4.69, 9.17) is 4.52 Å². The Labute approximate surface area is 171 Å². The highest BCUT2D eigenvalue weighted by molar-refractivity contribution is 7.09. The Balaban J connectivity index is 1.59. The zero-order chi connectivity index (χ0) is 21.9. The number of thiazole rings is 1. The van der Waals surface area contributed by atoms with Crippen molar-refractivity contribution in [3.63, 3.8) is 0 Å². The first-order valence-corrected chi connectivity index (χ1v) is 9.12. The predicted molar refractivity (Wildman–Crippen MR) is 99.8 cm³/mol. The van der Waals surface area contributed by atoms with Crippen LogP contribution >= 0.6 is 11.3 Å². The molecule has 0 bridgehead atoms. The van der Waals surface area contributed by atoms with Gasteiger partial charge in [-0.05, 0) is 38.1 Å². The van der Waals surface area contributed by atoms with Crippen molar-refractivity contribution in [1.82, 2.24) is 21.0 Å². The van der Waals surface area contributed by atoms with Gasteiger partial charge < -0.3 is 14.6 Å². The first-order chi connectivity index (χ1) is 14.1. The lowest BCUT2D eigenvalue weighted by Gasteiger charge is -2.11. The van der Waals surface area contributed by atoms with Gasteiger partial charge in [0, 0.05) is 11.1 Å². The Bertz CT molecular complexity index is 1060. The molecule has 0 aliphatic carbocycles. The minimum Gasteiger partial charge on any atom is -0.406 e. The highest BCUT2D eigenvalue weighted by Gasteiger charge is 2.31. The molecule has 0 radical (unpaired) electrons. The van der Waals surface area contributed by atoms with E-state index in [1.165, 1.54) is 23.5 Å². The van der Waals surface area contributed by atoms with Crippen molar-refractivity contribution in [3.8, 4) is 17.0 Å². The minimum absolute atomic E-state index is 0.0632. The number of anilines is 1. The normalized spacial score (nSPS) is 11.1. The van der Waals surface area contributed by atoms with E-state index in [1.807, 2.05) is 6.92 Å². The Morgan fingerprint density at radius 1 is 1.13 bits per heavy atom. The number of nitrogens with one attached hydrogen (secondary N) is 3. The zero-order valence-electron chi connectivity index (χ0n) is 15.5. The number of amides is 3. The van der Waals surface area contributed by atoms with Crippen LogP contribution in [0.4, 0.5) is 23.7 Å². The summed E-state index contributed by atoms with van der Waals surface area (Å²) < 4.78 is 45.2. The number of halogens is 3. The number of hydrogen-bond acceptors (Lipinski definition) is 7. The van der Waals surface area contributed by atoms with Gasteiger partial charge in [-0.2, -0.15) is 0 Å². The second-order valence-electron chi connectivity index (χ2n) is 5.82. The van der Waals surface area contributed by atoms with Crippen molar-refractivity contribution in [2.75, 3.05) is 5.32 Å². The number of carbonyl (C=O) groups is 2. The summed E-state index contributed by atoms with van der Waals surface area (Å²) in [6.45, 7) is 3.44. The van der Waals surface area contributed by atoms with E-state index in [0.29, 0.717) is 17.0 Å². The Kier molecular flexibility index (Phi) is 5.91. The second-order valence-corrected chi connectivity index (χ2v) is 6.88. The molecule has 0 aliphatic heterocycles. The molecule has 0 unspecified atom stereocenters. The van der Waals surface area contributed by atoms with Gasteiger partial charge in [-0.25, -0.2) is 15.2 Å². The maximum Gasteiger partial charge on any atom is 0.573 e. The summed E-state index contributed by atoms with van der Waals surface area (Å²) >= 11 is 1.39. The van der Waals surface area contributed by atoms with E-state index in [9.17, 15) is 22.8 Å². The largest absolute Gasteiger partial charge is 0.573 e. The lowest BCUT2D eigenvalue weighted by atomic mass is 10.1. The summed E-state index contributed by atoms with van der Waals surface area (Å²) in [5.74, 6) is -0.791. The van der Waals surface area contributed by atoms with Crippen molar-refractivity contribution in [1.29, 1.82) is 0 Å². The molecule has 0 saturated heterocycles. The van der Waals surface area contributed by atoms with E-state index in [2.05, 4.69) is 31.0 Å². The van der Waals surface area contributed by atoms with Crippen LogP contribution in [0.3, 0.4) is 0 Å². The fourth-order valence-electron chi connectivity index (χ4n) is 2.38. The molecule has 13 heteroatoms. The van der Waals surface area contributed by atoms with Crippen LogP contribution in [-0.2, 0) is 0 Å². The third-order valence-corrected chi connectivity index (χ3v) is 4.36. The maximum absolute atomic E-state index is 12.4. The number of carbonyl (C=O) groups excluding carboxylic acids is 2. The van der Waals surface area contributed by atoms with Crippen LogP contribution in [-0.4, -0.2) is 28.4 Å². The lowest BCUT2D eigenvalue weighted by molar-refractivity contribution is -0.274. The van der Waals surface area contributed by atoms with E-state index in [-0.39, 0.29) is 11.4 Å². The summed E-state index contributed by atoms with van der Waals surface area (Å²) in [6, 6.07) is 3.63. The van der Waals surface area contributed by atoms with Gasteiger partial charge in [-0.15, -0.1) is 24.5 Å². The predicted octanol–water partition coefficient (Wildman–Crippen LogP) is 3.78. The van der Waals surface area contributed by atoms with Crippen molar-refractivity contribution in [2.24, 2.45) is 0 Å². The third kappa shape index (κ3) is 5.26. The van der Waals surface area contributed by atoms with E-state index in [0.717, 1.165) is 17.1 Å². The number of nitrogens with zero attached hydrogens (tertiary/aromatic N) is 2. The number of ether oxygens (including phenoxy) is 1. The fourth-order valence-corrected chi connectivity index (χ4v) is 2.99. The number of benzene rings is 1. The van der Waals surface area contributed by atoms with Gasteiger partial charge in [-0.1, -0.05) is 5.16 Å². The van der Waals surface area contributed by atoms with Gasteiger partial charge in [0.25, 0.3) is 5.91 Å². The fraction of sp³-hybridized carbons (Fsp3) is 0.176. The van der Waals surface area contributed by atoms with Gasteiger partial charge in [0.1, 0.15) is 11.5 Å². The highest BCUT2D eigenvalue weighted by atomic mass is 32.1. The maximum atomic E-state index is 12.4. The molecule has 0 spiro atoms. The van der Waals surface area contributed by atoms with Gasteiger partial charge in [0.2, 0.25) is 0 Å². The molecule has 3 N–H and O–H groups in total. The van der Waals surface area contributed by atoms with Crippen molar-refractivity contribution >= 4 is 29.0 Å². The summed E-state index contributed by atoms with van der Waals surface area (Å²) in [4.78, 5) is 28.6. The first-order valence-electron chi connectivity index (χ1n) is 8.24.